The lowest BCUT2D eigenvalue weighted by Crippen LogP contribution is -2.11. The Kier molecular flexibility index (Phi) is 4.58. The molecule has 0 unspecified atom stereocenters. The van der Waals surface area contributed by atoms with Gasteiger partial charge >= 0.3 is 0 Å². The quantitative estimate of drug-likeness (QED) is 0.847. The highest BCUT2D eigenvalue weighted by Gasteiger charge is 2.07. The Morgan fingerprint density at radius 1 is 1.42 bits per heavy atom. The van der Waals surface area contributed by atoms with Gasteiger partial charge in [0.25, 0.3) is 0 Å². The lowest BCUT2D eigenvalue weighted by atomic mass is 10.2. The van der Waals surface area contributed by atoms with E-state index in [0.29, 0.717) is 6.42 Å². The minimum absolute atomic E-state index is 0.0701. The predicted octanol–water partition coefficient (Wildman–Crippen LogP) is 3.92. The molecule has 0 bridgehead atoms. The number of rotatable bonds is 5. The molecule has 4 nitrogen and oxygen atoms in total. The molecule has 2 aromatic heterocycles. The summed E-state index contributed by atoms with van der Waals surface area (Å²) >= 11 is 3.49. The smallest absolute Gasteiger partial charge is 0.224 e. The van der Waals surface area contributed by atoms with E-state index in [1.54, 1.807) is 0 Å². The Hall–Kier alpha value is -1.36. The van der Waals surface area contributed by atoms with Crippen LogP contribution in [0.2, 0.25) is 0 Å². The van der Waals surface area contributed by atoms with Crippen molar-refractivity contribution in [1.82, 2.24) is 9.38 Å². The van der Waals surface area contributed by atoms with Crippen molar-refractivity contribution in [1.29, 1.82) is 0 Å². The van der Waals surface area contributed by atoms with Crippen molar-refractivity contribution < 1.29 is 4.79 Å². The van der Waals surface area contributed by atoms with Crippen molar-refractivity contribution in [3.05, 3.63) is 28.6 Å². The average molecular weight is 324 g/mol. The summed E-state index contributed by atoms with van der Waals surface area (Å²) in [5.41, 5.74) is 2.60. The minimum Gasteiger partial charge on any atom is -0.325 e. The van der Waals surface area contributed by atoms with Crippen LogP contribution in [-0.4, -0.2) is 15.3 Å². The van der Waals surface area contributed by atoms with E-state index in [4.69, 9.17) is 0 Å². The third kappa shape index (κ3) is 3.35. The fourth-order valence-electron chi connectivity index (χ4n) is 1.97. The molecule has 1 N–H and O–H groups in total. The number of imidazole rings is 1. The molecule has 0 spiro atoms. The highest BCUT2D eigenvalue weighted by Crippen LogP contribution is 2.20. The van der Waals surface area contributed by atoms with Gasteiger partial charge < -0.3 is 5.32 Å². The minimum atomic E-state index is 0.0701. The van der Waals surface area contributed by atoms with Crippen LogP contribution in [0.1, 0.15) is 38.3 Å². The third-order valence-electron chi connectivity index (χ3n) is 3.01. The molecule has 1 amide bonds. The summed E-state index contributed by atoms with van der Waals surface area (Å²) in [6.45, 7) is 4.07. The van der Waals surface area contributed by atoms with Crippen LogP contribution in [0.15, 0.2) is 22.9 Å². The number of carbonyl (C=O) groups is 1. The average Bonchev–Trinajstić information content (AvgIpc) is 2.66. The van der Waals surface area contributed by atoms with Crippen molar-refractivity contribution >= 4 is 33.2 Å². The Morgan fingerprint density at radius 2 is 2.21 bits per heavy atom. The summed E-state index contributed by atoms with van der Waals surface area (Å²) in [7, 11) is 0. The zero-order valence-corrected chi connectivity index (χ0v) is 12.8. The van der Waals surface area contributed by atoms with Crippen LogP contribution in [0.3, 0.4) is 0 Å². The maximum atomic E-state index is 11.8. The topological polar surface area (TPSA) is 46.4 Å². The van der Waals surface area contributed by atoms with Gasteiger partial charge in [-0.15, -0.1) is 0 Å². The highest BCUT2D eigenvalue weighted by molar-refractivity contribution is 9.10. The first-order valence-corrected chi connectivity index (χ1v) is 7.35. The molecular formula is C14H18BrN3O. The third-order valence-corrected chi connectivity index (χ3v) is 3.97. The van der Waals surface area contributed by atoms with Gasteiger partial charge in [0.1, 0.15) is 10.3 Å². The van der Waals surface area contributed by atoms with E-state index in [1.807, 2.05) is 29.7 Å². The molecule has 0 saturated carbocycles. The number of anilines is 1. The maximum Gasteiger partial charge on any atom is 0.224 e. The Balaban J connectivity index is 2.08. The molecule has 2 rings (SSSR count). The first-order valence-electron chi connectivity index (χ1n) is 6.56. The monoisotopic (exact) mass is 323 g/mol. The number of carbonyl (C=O) groups excluding carboxylic acids is 1. The second kappa shape index (κ2) is 6.19. The van der Waals surface area contributed by atoms with Crippen LogP contribution >= 0.6 is 15.9 Å². The number of halogens is 1. The fourth-order valence-corrected chi connectivity index (χ4v) is 2.34. The molecule has 0 saturated heterocycles. The first-order chi connectivity index (χ1) is 9.11. The summed E-state index contributed by atoms with van der Waals surface area (Å²) < 4.78 is 2.85. The maximum absolute atomic E-state index is 11.8. The van der Waals surface area contributed by atoms with E-state index in [1.165, 1.54) is 0 Å². The van der Waals surface area contributed by atoms with Crippen molar-refractivity contribution in [2.45, 2.75) is 39.5 Å². The molecule has 0 aliphatic heterocycles. The van der Waals surface area contributed by atoms with Gasteiger partial charge in [-0.25, -0.2) is 4.98 Å². The molecule has 5 heteroatoms. The Bertz CT molecular complexity index is 592. The molecule has 102 valence electrons. The van der Waals surface area contributed by atoms with Crippen LogP contribution in [0, 0.1) is 6.92 Å². The number of pyridine rings is 1. The van der Waals surface area contributed by atoms with Crippen molar-refractivity contribution in [3.63, 3.8) is 0 Å². The molecule has 2 aromatic rings. The van der Waals surface area contributed by atoms with Crippen LogP contribution in [-0.2, 0) is 4.79 Å². The first kappa shape index (κ1) is 14.1. The van der Waals surface area contributed by atoms with Gasteiger partial charge in [0, 0.05) is 12.6 Å². The van der Waals surface area contributed by atoms with Crippen LogP contribution in [0.25, 0.3) is 5.65 Å². The molecule has 0 atom stereocenters. The van der Waals surface area contributed by atoms with E-state index in [-0.39, 0.29) is 5.91 Å². The van der Waals surface area contributed by atoms with Gasteiger partial charge in [0.15, 0.2) is 0 Å². The molecule has 2 heterocycles. The normalized spacial score (nSPS) is 10.9. The number of nitrogens with one attached hydrogen (secondary N) is 1. The summed E-state index contributed by atoms with van der Waals surface area (Å²) in [6.07, 6.45) is 5.63. The van der Waals surface area contributed by atoms with Gasteiger partial charge in [-0.2, -0.15) is 0 Å². The SMILES string of the molecule is CCCCCC(=O)Nc1ccc2nc(C)c(Br)n2c1. The number of nitrogens with zero attached hydrogens (tertiary/aromatic N) is 2. The predicted molar refractivity (Wildman–Crippen MR) is 80.4 cm³/mol. The largest absolute Gasteiger partial charge is 0.325 e. The molecular weight excluding hydrogens is 306 g/mol. The number of hydrogen-bond acceptors (Lipinski definition) is 2. The van der Waals surface area contributed by atoms with Crippen molar-refractivity contribution in [3.8, 4) is 0 Å². The van der Waals surface area contributed by atoms with Crippen molar-refractivity contribution in [2.75, 3.05) is 5.32 Å². The number of amides is 1. The van der Waals surface area contributed by atoms with E-state index >= 15 is 0 Å². The lowest BCUT2D eigenvalue weighted by molar-refractivity contribution is -0.116. The van der Waals surface area contributed by atoms with Crippen molar-refractivity contribution in [2.24, 2.45) is 0 Å². The van der Waals surface area contributed by atoms with Crippen LogP contribution in [0.4, 0.5) is 5.69 Å². The van der Waals surface area contributed by atoms with E-state index < -0.39 is 0 Å². The molecule has 0 aromatic carbocycles. The summed E-state index contributed by atoms with van der Waals surface area (Å²) in [6, 6.07) is 3.78. The van der Waals surface area contributed by atoms with E-state index in [2.05, 4.69) is 33.2 Å². The van der Waals surface area contributed by atoms with Gasteiger partial charge in [-0.3, -0.25) is 9.20 Å². The zero-order chi connectivity index (χ0) is 13.8. The summed E-state index contributed by atoms with van der Waals surface area (Å²) in [4.78, 5) is 16.2. The number of fused-ring (bicyclic) bond motifs is 1. The molecule has 19 heavy (non-hydrogen) atoms. The zero-order valence-electron chi connectivity index (χ0n) is 11.2. The van der Waals surface area contributed by atoms with E-state index in [0.717, 1.165) is 40.9 Å². The Morgan fingerprint density at radius 3 is 2.95 bits per heavy atom. The van der Waals surface area contributed by atoms with Gasteiger partial charge in [0.05, 0.1) is 11.4 Å². The van der Waals surface area contributed by atoms with E-state index in [9.17, 15) is 4.79 Å². The number of unbranched alkanes of at least 4 members (excludes halogenated alkanes) is 2. The fraction of sp³-hybridized carbons (Fsp3) is 0.429. The summed E-state index contributed by atoms with van der Waals surface area (Å²) in [5.74, 6) is 0.0701. The van der Waals surface area contributed by atoms with Gasteiger partial charge in [-0.1, -0.05) is 19.8 Å². The highest BCUT2D eigenvalue weighted by atomic mass is 79.9. The Labute approximate surface area is 121 Å². The van der Waals surface area contributed by atoms with Crippen LogP contribution in [0.5, 0.6) is 0 Å². The van der Waals surface area contributed by atoms with Gasteiger partial charge in [0.2, 0.25) is 5.91 Å². The number of aromatic nitrogens is 2. The summed E-state index contributed by atoms with van der Waals surface area (Å²) in [5, 5.41) is 2.92. The molecule has 0 aliphatic rings. The number of hydrogen-bond donors (Lipinski definition) is 1. The standard InChI is InChI=1S/C14H18BrN3O/c1-3-4-5-6-13(19)17-11-7-8-12-16-10(2)14(15)18(12)9-11/h7-9H,3-6H2,1-2H3,(H,17,19). The lowest BCUT2D eigenvalue weighted by Gasteiger charge is -2.06. The second-order valence-electron chi connectivity index (χ2n) is 4.64. The molecule has 0 aliphatic carbocycles. The number of aryl methyl sites for hydroxylation is 1. The second-order valence-corrected chi connectivity index (χ2v) is 5.39. The molecule has 0 fully saturated rings. The molecule has 0 radical (unpaired) electrons. The van der Waals surface area contributed by atoms with Crippen LogP contribution < -0.4 is 5.32 Å². The van der Waals surface area contributed by atoms with Gasteiger partial charge in [-0.05, 0) is 41.4 Å².